The van der Waals surface area contributed by atoms with Gasteiger partial charge in [-0.25, -0.2) is 0 Å². The molecule has 6 fully saturated rings. The lowest BCUT2D eigenvalue weighted by Crippen LogP contribution is -2.80. The molecule has 0 radical (unpaired) electrons. The summed E-state index contributed by atoms with van der Waals surface area (Å²) in [5.41, 5.74) is 0.985. The Morgan fingerprint density at radius 1 is 0.648 bits per heavy atom. The van der Waals surface area contributed by atoms with Crippen LogP contribution in [0.25, 0.3) is 0 Å². The minimum Gasteiger partial charge on any atom is -0.504 e. The second kappa shape index (κ2) is 11.2. The average molecular weight is 745 g/mol. The van der Waals surface area contributed by atoms with Crippen molar-refractivity contribution in [2.45, 2.75) is 138 Å². The van der Waals surface area contributed by atoms with E-state index in [2.05, 4.69) is 14.1 Å². The van der Waals surface area contributed by atoms with Gasteiger partial charge in [0.1, 0.15) is 23.3 Å². The number of quaternary nitrogens is 2. The molecule has 4 bridgehead atoms. The first-order chi connectivity index (χ1) is 24.8. The molecule has 2 unspecified atom stereocenters. The van der Waals surface area contributed by atoms with E-state index in [1.165, 1.54) is 25.7 Å². The fourth-order valence-corrected chi connectivity index (χ4v) is 13.9. The van der Waals surface area contributed by atoms with Crippen LogP contribution in [0.5, 0.6) is 23.0 Å². The zero-order valence-electron chi connectivity index (χ0n) is 30.4. The van der Waals surface area contributed by atoms with Crippen LogP contribution in [0.2, 0.25) is 0 Å². The van der Waals surface area contributed by atoms with Gasteiger partial charge in [-0.2, -0.15) is 0 Å². The highest BCUT2D eigenvalue weighted by Gasteiger charge is 2.78. The minimum atomic E-state index is -0.931. The highest BCUT2D eigenvalue weighted by molar-refractivity contribution is 5.90. The molecule has 0 aromatic heterocycles. The Morgan fingerprint density at radius 2 is 1.04 bits per heavy atom. The summed E-state index contributed by atoms with van der Waals surface area (Å²) >= 11 is 0. The van der Waals surface area contributed by atoms with E-state index in [-0.39, 0.29) is 50.0 Å². The van der Waals surface area contributed by atoms with Crippen LogP contribution in [-0.2, 0) is 33.3 Å². The number of carbonyl (C=O) groups excluding carboxylic acids is 2. The van der Waals surface area contributed by atoms with Crippen molar-refractivity contribution in [2.24, 2.45) is 11.8 Å². The third kappa shape index (κ3) is 4.21. The number of nitrogens with zero attached hydrogens (tertiary/aromatic N) is 2. The van der Waals surface area contributed by atoms with E-state index < -0.39 is 34.2 Å². The molecule has 0 amide bonds. The molecule has 4 heterocycles. The predicted molar refractivity (Wildman–Crippen MR) is 202 cm³/mol. The number of ether oxygens (including phenoxy) is 2. The number of aromatic hydroxyl groups is 2. The van der Waals surface area contributed by atoms with Gasteiger partial charge < -0.3 is 38.9 Å². The monoisotopic (exact) mass is 744 g/mol. The van der Waals surface area contributed by atoms with Crippen molar-refractivity contribution in [1.82, 2.24) is 0 Å². The SMILES string of the molecule is C.C.C[N+]1(CC2CC2)CC[C@]23c4c5ccc(O)c4O[C@H]2C(=O)CC[C@@]3(O)[C@H]1C5.C[N+]1(CC2CC2)CC[C@]23c4c5ccc(O)c4O[C@H]2C(=O)CC[C@@]3(O)[C@H]1C5. The highest BCUT2D eigenvalue weighted by atomic mass is 16.5. The van der Waals surface area contributed by atoms with E-state index in [0.717, 1.165) is 94.9 Å². The molecule has 4 N–H and O–H groups in total. The number of ketones is 2. The Hall–Kier alpha value is -3.18. The summed E-state index contributed by atoms with van der Waals surface area (Å²) in [4.78, 5) is 25.6. The van der Waals surface area contributed by atoms with Gasteiger partial charge in [-0.05, 0) is 61.8 Å². The molecule has 10 aliphatic rings. The Morgan fingerprint density at radius 3 is 1.41 bits per heavy atom. The fourth-order valence-electron chi connectivity index (χ4n) is 13.9. The summed E-state index contributed by atoms with van der Waals surface area (Å²) in [6, 6.07) is 7.55. The largest absolute Gasteiger partial charge is 0.504 e. The van der Waals surface area contributed by atoms with E-state index in [1.54, 1.807) is 12.1 Å². The summed E-state index contributed by atoms with van der Waals surface area (Å²) in [5.74, 6) is 2.84. The Labute approximate surface area is 319 Å². The first-order valence-corrected chi connectivity index (χ1v) is 20.0. The number of aliphatic hydroxyl groups is 2. The third-order valence-corrected chi connectivity index (χ3v) is 16.6. The van der Waals surface area contributed by atoms with Crippen LogP contribution in [0.1, 0.15) is 101 Å². The summed E-state index contributed by atoms with van der Waals surface area (Å²) in [7, 11) is 4.61. The number of likely N-dealkylation sites (N-methyl/N-ethyl adjacent to an activating group) is 2. The van der Waals surface area contributed by atoms with Crippen LogP contribution >= 0.6 is 0 Å². The normalized spacial score (nSPS) is 43.6. The van der Waals surface area contributed by atoms with E-state index in [9.17, 15) is 30.0 Å². The number of phenolic OH excluding ortho intramolecular Hbond substituents is 2. The smallest absolute Gasteiger partial charge is 0.174 e. The first kappa shape index (κ1) is 36.5. The average Bonchev–Trinajstić information content (AvgIpc) is 4.03. The molecule has 2 aromatic rings. The van der Waals surface area contributed by atoms with Gasteiger partial charge in [0.25, 0.3) is 0 Å². The highest BCUT2D eigenvalue weighted by Crippen LogP contribution is 2.67. The van der Waals surface area contributed by atoms with E-state index in [0.29, 0.717) is 37.2 Å². The van der Waals surface area contributed by atoms with Crippen molar-refractivity contribution in [2.75, 3.05) is 40.3 Å². The number of benzene rings is 2. The van der Waals surface area contributed by atoms with Gasteiger partial charge in [0.15, 0.2) is 46.8 Å². The standard InChI is InChI=1S/2C21H25NO4.2CH4/c2*1-22(11-12-2-3-12)9-8-20-17-13-4-5-14(23)18(17)26-19(20)15(24)6-7-21(20,25)16(22)10-13;;/h2*4-5,12,16,19,25H,2-3,6-11H2,1H3;2*1H4/p+2/t2*16-,19+,20+,21-,22?;;/m11../s1. The lowest BCUT2D eigenvalue weighted by Gasteiger charge is -2.64. The van der Waals surface area contributed by atoms with Crippen LogP contribution in [0.15, 0.2) is 24.3 Å². The van der Waals surface area contributed by atoms with Gasteiger partial charge in [-0.3, -0.25) is 9.59 Å². The summed E-state index contributed by atoms with van der Waals surface area (Å²) in [6.07, 6.45) is 8.83. The van der Waals surface area contributed by atoms with Crippen LogP contribution in [0.4, 0.5) is 0 Å². The number of hydrogen-bond donors (Lipinski definition) is 4. The van der Waals surface area contributed by atoms with Crippen LogP contribution in [0, 0.1) is 11.8 Å². The summed E-state index contributed by atoms with van der Waals surface area (Å²) < 4.78 is 14.0. The topological polar surface area (TPSA) is 134 Å². The molecule has 54 heavy (non-hydrogen) atoms. The van der Waals surface area contributed by atoms with Crippen molar-refractivity contribution in [3.05, 3.63) is 46.5 Å². The van der Waals surface area contributed by atoms with Gasteiger partial charge >= 0.3 is 0 Å². The number of hydrogen-bond acceptors (Lipinski definition) is 8. The maximum Gasteiger partial charge on any atom is 0.174 e. The second-order valence-corrected chi connectivity index (χ2v) is 19.2. The van der Waals surface area contributed by atoms with Crippen molar-refractivity contribution in [3.8, 4) is 23.0 Å². The maximum absolute atomic E-state index is 12.8. The Balaban J connectivity index is 0.000000137. The van der Waals surface area contributed by atoms with E-state index in [1.807, 2.05) is 12.1 Å². The number of phenols is 2. The predicted octanol–water partition coefficient (Wildman–Crippen LogP) is 4.61. The zero-order chi connectivity index (χ0) is 35.8. The second-order valence-electron chi connectivity index (χ2n) is 19.2. The molecule has 4 aliphatic heterocycles. The van der Waals surface area contributed by atoms with Crippen molar-refractivity contribution >= 4 is 11.6 Å². The molecule has 2 aromatic carbocycles. The maximum atomic E-state index is 12.8. The number of likely N-dealkylation sites (tertiary alicyclic amines) is 2. The van der Waals surface area contributed by atoms with Crippen molar-refractivity contribution in [1.29, 1.82) is 0 Å². The molecule has 4 saturated carbocycles. The van der Waals surface area contributed by atoms with Crippen LogP contribution < -0.4 is 9.47 Å². The molecule has 10 heteroatoms. The van der Waals surface area contributed by atoms with E-state index in [4.69, 9.17) is 9.47 Å². The Bertz CT molecular complexity index is 1840. The molecule has 2 spiro atoms. The van der Waals surface area contributed by atoms with Gasteiger partial charge in [0.05, 0.1) is 51.1 Å². The van der Waals surface area contributed by atoms with E-state index >= 15 is 0 Å². The Kier molecular flexibility index (Phi) is 7.58. The van der Waals surface area contributed by atoms with Crippen LogP contribution in [0.3, 0.4) is 0 Å². The summed E-state index contributed by atoms with van der Waals surface area (Å²) in [6.45, 7) is 4.18. The molecule has 10 atom stereocenters. The number of Topliss-reactive ketones (excluding diaryl/α,β-unsaturated/α-hetero) is 2. The molecule has 2 saturated heterocycles. The molecular formula is C44H60N2O8+2. The number of rotatable bonds is 4. The van der Waals surface area contributed by atoms with Crippen molar-refractivity contribution < 1.29 is 48.5 Å². The first-order valence-electron chi connectivity index (χ1n) is 20.0. The van der Waals surface area contributed by atoms with Crippen molar-refractivity contribution in [3.63, 3.8) is 0 Å². The van der Waals surface area contributed by atoms with Crippen LogP contribution in [-0.4, -0.2) is 117 Å². The lowest BCUT2D eigenvalue weighted by molar-refractivity contribution is -0.950. The fraction of sp³-hybridized carbons (Fsp3) is 0.682. The molecule has 6 aliphatic carbocycles. The third-order valence-electron chi connectivity index (χ3n) is 16.6. The van der Waals surface area contributed by atoms with Gasteiger partial charge in [-0.15, -0.1) is 0 Å². The van der Waals surface area contributed by atoms with Gasteiger partial charge in [-0.1, -0.05) is 27.0 Å². The molecule has 10 nitrogen and oxygen atoms in total. The number of carbonyl (C=O) groups is 2. The van der Waals surface area contributed by atoms with Gasteiger partial charge in [0, 0.05) is 61.5 Å². The molecular weight excluding hydrogens is 684 g/mol. The summed E-state index contributed by atoms with van der Waals surface area (Å²) in [5, 5.41) is 45.1. The quantitative estimate of drug-likeness (QED) is 0.334. The minimum absolute atomic E-state index is 0. The molecule has 292 valence electrons. The zero-order valence-corrected chi connectivity index (χ0v) is 30.4. The lowest BCUT2D eigenvalue weighted by atomic mass is 9.48. The molecule has 12 rings (SSSR count). The number of piperidine rings is 2. The van der Waals surface area contributed by atoms with Gasteiger partial charge in [0.2, 0.25) is 0 Å².